The van der Waals surface area contributed by atoms with Crippen molar-refractivity contribution in [1.82, 2.24) is 19.8 Å². The normalized spacial score (nSPS) is 14.5. The Labute approximate surface area is 226 Å². The summed E-state index contributed by atoms with van der Waals surface area (Å²) in [5, 5.41) is 1.33. The second kappa shape index (κ2) is 11.0. The van der Waals surface area contributed by atoms with E-state index in [2.05, 4.69) is 19.6 Å². The Morgan fingerprint density at radius 1 is 1.03 bits per heavy atom. The number of halogens is 1. The van der Waals surface area contributed by atoms with Crippen LogP contribution in [0.4, 0.5) is 5.69 Å². The third-order valence-corrected chi connectivity index (χ3v) is 8.13. The second-order valence-corrected chi connectivity index (χ2v) is 11.2. The minimum atomic E-state index is -3.94. The molecule has 3 N–H and O–H groups in total. The average Bonchev–Trinajstić information content (AvgIpc) is 2.93. The fraction of sp³-hybridized carbons (Fsp3) is 0.222. The molecule has 0 unspecified atom stereocenters. The molecule has 2 aromatic carbocycles. The molecule has 0 saturated carbocycles. The van der Waals surface area contributed by atoms with Crippen LogP contribution in [0.2, 0.25) is 5.02 Å². The molecule has 196 valence electrons. The summed E-state index contributed by atoms with van der Waals surface area (Å²) in [5.41, 5.74) is 8.69. The van der Waals surface area contributed by atoms with Crippen molar-refractivity contribution in [3.05, 3.63) is 94.9 Å². The number of para-hydroxylation sites is 1. The number of nitrogens with zero attached hydrogens (tertiary/aromatic N) is 4. The maximum absolute atomic E-state index is 13.2. The molecule has 4 aromatic rings. The molecule has 0 radical (unpaired) electrons. The number of amides is 1. The molecular weight excluding hydrogens is 524 g/mol. The van der Waals surface area contributed by atoms with Gasteiger partial charge in [-0.3, -0.25) is 24.4 Å². The molecule has 1 fully saturated rings. The van der Waals surface area contributed by atoms with Crippen LogP contribution in [0, 0.1) is 0 Å². The van der Waals surface area contributed by atoms with Crippen LogP contribution < -0.4 is 10.5 Å². The SMILES string of the molecule is NCc1cc(C(=O)N2CCN(Cc3cncc(Cl)c3)CC2)ccc1NS(=O)(=O)c1cccc2cccnc12. The number of sulfonamides is 1. The summed E-state index contributed by atoms with van der Waals surface area (Å²) in [5.74, 6) is -0.114. The molecule has 0 bridgehead atoms. The summed E-state index contributed by atoms with van der Waals surface area (Å²) in [6, 6.07) is 15.3. The lowest BCUT2D eigenvalue weighted by Gasteiger charge is -2.34. The number of rotatable bonds is 7. The van der Waals surface area contributed by atoms with Crippen LogP contribution in [-0.2, 0) is 23.1 Å². The van der Waals surface area contributed by atoms with Crippen LogP contribution in [0.15, 0.2) is 78.1 Å². The first-order valence-corrected chi connectivity index (χ1v) is 14.0. The highest BCUT2D eigenvalue weighted by Crippen LogP contribution is 2.26. The van der Waals surface area contributed by atoms with Crippen LogP contribution >= 0.6 is 11.6 Å². The molecule has 3 heterocycles. The summed E-state index contributed by atoms with van der Waals surface area (Å²) in [4.78, 5) is 25.7. The number of nitrogens with two attached hydrogens (primary N) is 1. The minimum absolute atomic E-state index is 0.0637. The van der Waals surface area contributed by atoms with Gasteiger partial charge in [0.2, 0.25) is 0 Å². The largest absolute Gasteiger partial charge is 0.336 e. The van der Waals surface area contributed by atoms with Gasteiger partial charge in [-0.2, -0.15) is 0 Å². The number of hydrogen-bond donors (Lipinski definition) is 2. The second-order valence-electron chi connectivity index (χ2n) is 9.09. The first-order chi connectivity index (χ1) is 18.3. The number of benzene rings is 2. The standard InChI is InChI=1S/C27H27ClN6O3S/c28-23-13-19(16-30-17-23)18-33-9-11-34(12-10-33)27(35)21-6-7-24(22(14-21)15-29)32-38(36,37)25-5-1-3-20-4-2-8-31-26(20)25/h1-8,13-14,16-17,32H,9-12,15,18,29H2. The number of fused-ring (bicyclic) bond motifs is 1. The van der Waals surface area contributed by atoms with E-state index in [9.17, 15) is 13.2 Å². The Morgan fingerprint density at radius 3 is 2.58 bits per heavy atom. The number of anilines is 1. The minimum Gasteiger partial charge on any atom is -0.336 e. The van der Waals surface area contributed by atoms with Crippen LogP contribution in [0.25, 0.3) is 10.9 Å². The lowest BCUT2D eigenvalue weighted by atomic mass is 10.1. The zero-order valence-electron chi connectivity index (χ0n) is 20.5. The molecule has 38 heavy (non-hydrogen) atoms. The van der Waals surface area contributed by atoms with Gasteiger partial charge in [0.25, 0.3) is 15.9 Å². The number of pyridine rings is 2. The molecule has 2 aromatic heterocycles. The summed E-state index contributed by atoms with van der Waals surface area (Å²) in [6.45, 7) is 3.38. The molecule has 1 aliphatic heterocycles. The van der Waals surface area contributed by atoms with E-state index in [1.807, 2.05) is 6.07 Å². The van der Waals surface area contributed by atoms with Gasteiger partial charge in [0.1, 0.15) is 4.90 Å². The Bertz CT molecular complexity index is 1580. The summed E-state index contributed by atoms with van der Waals surface area (Å²) in [6.07, 6.45) is 4.96. The van der Waals surface area contributed by atoms with Crippen molar-refractivity contribution in [2.75, 3.05) is 30.9 Å². The van der Waals surface area contributed by atoms with Crippen molar-refractivity contribution in [3.63, 3.8) is 0 Å². The van der Waals surface area contributed by atoms with Gasteiger partial charge in [-0.25, -0.2) is 8.42 Å². The van der Waals surface area contributed by atoms with E-state index in [0.29, 0.717) is 47.0 Å². The molecule has 9 nitrogen and oxygen atoms in total. The van der Waals surface area contributed by atoms with Gasteiger partial charge in [0, 0.05) is 68.8 Å². The third-order valence-electron chi connectivity index (χ3n) is 6.53. The van der Waals surface area contributed by atoms with Crippen molar-refractivity contribution < 1.29 is 13.2 Å². The fourth-order valence-electron chi connectivity index (χ4n) is 4.58. The van der Waals surface area contributed by atoms with Crippen molar-refractivity contribution in [2.24, 2.45) is 5.73 Å². The summed E-state index contributed by atoms with van der Waals surface area (Å²) >= 11 is 6.04. The molecule has 0 spiro atoms. The van der Waals surface area contributed by atoms with Crippen molar-refractivity contribution >= 4 is 44.1 Å². The molecule has 1 aliphatic rings. The Morgan fingerprint density at radius 2 is 1.82 bits per heavy atom. The lowest BCUT2D eigenvalue weighted by molar-refractivity contribution is 0.0628. The predicted octanol–water partition coefficient (Wildman–Crippen LogP) is 3.50. The maximum atomic E-state index is 13.2. The van der Waals surface area contributed by atoms with E-state index in [-0.39, 0.29) is 17.3 Å². The summed E-state index contributed by atoms with van der Waals surface area (Å²) in [7, 11) is -3.94. The van der Waals surface area contributed by atoms with E-state index in [1.165, 1.54) is 6.07 Å². The number of hydrogen-bond acceptors (Lipinski definition) is 7. The predicted molar refractivity (Wildman–Crippen MR) is 147 cm³/mol. The highest BCUT2D eigenvalue weighted by molar-refractivity contribution is 7.93. The van der Waals surface area contributed by atoms with Gasteiger partial charge < -0.3 is 10.6 Å². The molecular formula is C27H27ClN6O3S. The maximum Gasteiger partial charge on any atom is 0.264 e. The molecule has 0 aliphatic carbocycles. The molecule has 1 saturated heterocycles. The van der Waals surface area contributed by atoms with Gasteiger partial charge in [-0.05, 0) is 47.5 Å². The molecule has 0 atom stereocenters. The van der Waals surface area contributed by atoms with Gasteiger partial charge in [-0.15, -0.1) is 0 Å². The van der Waals surface area contributed by atoms with Crippen molar-refractivity contribution in [2.45, 2.75) is 18.0 Å². The highest BCUT2D eigenvalue weighted by Gasteiger charge is 2.24. The zero-order valence-corrected chi connectivity index (χ0v) is 22.1. The van der Waals surface area contributed by atoms with Gasteiger partial charge in [-0.1, -0.05) is 29.8 Å². The first-order valence-electron chi connectivity index (χ1n) is 12.1. The molecule has 1 amide bonds. The Balaban J connectivity index is 1.28. The Hall–Kier alpha value is -3.57. The number of nitrogens with one attached hydrogen (secondary N) is 1. The van der Waals surface area contributed by atoms with Crippen molar-refractivity contribution in [3.8, 4) is 0 Å². The summed E-state index contributed by atoms with van der Waals surface area (Å²) < 4.78 is 29.1. The average molecular weight is 551 g/mol. The van der Waals surface area contributed by atoms with E-state index >= 15 is 0 Å². The number of aromatic nitrogens is 2. The number of carbonyl (C=O) groups is 1. The van der Waals surface area contributed by atoms with Crippen LogP contribution in [-0.4, -0.2) is 60.3 Å². The van der Waals surface area contributed by atoms with Crippen molar-refractivity contribution in [1.29, 1.82) is 0 Å². The van der Waals surface area contributed by atoms with Crippen LogP contribution in [0.1, 0.15) is 21.5 Å². The third kappa shape index (κ3) is 5.63. The lowest BCUT2D eigenvalue weighted by Crippen LogP contribution is -2.48. The monoisotopic (exact) mass is 550 g/mol. The smallest absolute Gasteiger partial charge is 0.264 e. The van der Waals surface area contributed by atoms with Gasteiger partial charge in [0.05, 0.1) is 16.2 Å². The number of carbonyl (C=O) groups excluding carboxylic acids is 1. The van der Waals surface area contributed by atoms with Crippen LogP contribution in [0.5, 0.6) is 0 Å². The Kier molecular flexibility index (Phi) is 7.57. The topological polar surface area (TPSA) is 122 Å². The van der Waals surface area contributed by atoms with E-state index in [0.717, 1.165) is 24.0 Å². The highest BCUT2D eigenvalue weighted by atomic mass is 35.5. The quantitative estimate of drug-likeness (QED) is 0.361. The molecule has 11 heteroatoms. The van der Waals surface area contributed by atoms with Gasteiger partial charge >= 0.3 is 0 Å². The zero-order chi connectivity index (χ0) is 26.7. The molecule has 5 rings (SSSR count). The van der Waals surface area contributed by atoms with E-state index in [4.69, 9.17) is 17.3 Å². The first kappa shape index (κ1) is 26.1. The number of piperazine rings is 1. The van der Waals surface area contributed by atoms with E-state index < -0.39 is 10.0 Å². The van der Waals surface area contributed by atoms with Gasteiger partial charge in [0.15, 0.2) is 0 Å². The fourth-order valence-corrected chi connectivity index (χ4v) is 6.06. The van der Waals surface area contributed by atoms with Crippen LogP contribution in [0.3, 0.4) is 0 Å². The van der Waals surface area contributed by atoms with E-state index in [1.54, 1.807) is 66.0 Å².